The highest BCUT2D eigenvalue weighted by Crippen LogP contribution is 2.30. The monoisotopic (exact) mass is 248 g/mol. The number of hydrogen-bond donors (Lipinski definition) is 2. The van der Waals surface area contributed by atoms with Gasteiger partial charge in [-0.25, -0.2) is 0 Å². The number of fused-ring (bicyclic) bond motifs is 1. The van der Waals surface area contributed by atoms with Gasteiger partial charge in [-0.15, -0.1) is 0 Å². The van der Waals surface area contributed by atoms with Crippen LogP contribution in [0.4, 0.5) is 0 Å². The highest BCUT2D eigenvalue weighted by molar-refractivity contribution is 5.87. The highest BCUT2D eigenvalue weighted by atomic mass is 16.5. The van der Waals surface area contributed by atoms with Crippen LogP contribution in [0.3, 0.4) is 0 Å². The van der Waals surface area contributed by atoms with E-state index in [1.165, 1.54) is 0 Å². The first kappa shape index (κ1) is 13.1. The maximum Gasteiger partial charge on any atom is 0.244 e. The van der Waals surface area contributed by atoms with Crippen molar-refractivity contribution in [1.29, 1.82) is 0 Å². The van der Waals surface area contributed by atoms with E-state index in [2.05, 4.69) is 19.2 Å². The van der Waals surface area contributed by atoms with Crippen LogP contribution in [-0.2, 0) is 21.7 Å². The lowest BCUT2D eigenvalue weighted by Gasteiger charge is -2.37. The van der Waals surface area contributed by atoms with Gasteiger partial charge in [-0.2, -0.15) is 0 Å². The standard InChI is InChI=1S/C14H20N2O2/c1-10(2)7-16-14(13(15)17)9-18-8-11-5-3-4-6-12(11)14/h3-6,10,16H,7-9H2,1-2H3,(H2,15,17). The Labute approximate surface area is 108 Å². The van der Waals surface area contributed by atoms with Gasteiger partial charge in [0.1, 0.15) is 5.54 Å². The van der Waals surface area contributed by atoms with Crippen LogP contribution in [0.5, 0.6) is 0 Å². The molecule has 3 N–H and O–H groups in total. The number of benzene rings is 1. The minimum Gasteiger partial charge on any atom is -0.374 e. The zero-order chi connectivity index (χ0) is 13.2. The first-order chi connectivity index (χ1) is 8.56. The quantitative estimate of drug-likeness (QED) is 0.840. The summed E-state index contributed by atoms with van der Waals surface area (Å²) in [7, 11) is 0. The summed E-state index contributed by atoms with van der Waals surface area (Å²) in [6.45, 7) is 5.75. The first-order valence-corrected chi connectivity index (χ1v) is 6.27. The molecule has 1 atom stereocenters. The lowest BCUT2D eigenvalue weighted by Crippen LogP contribution is -2.58. The Kier molecular flexibility index (Phi) is 3.68. The lowest BCUT2D eigenvalue weighted by molar-refractivity contribution is -0.129. The van der Waals surface area contributed by atoms with Gasteiger partial charge in [-0.05, 0) is 23.6 Å². The van der Waals surface area contributed by atoms with E-state index in [1.807, 2.05) is 24.3 Å². The molecule has 1 aromatic carbocycles. The van der Waals surface area contributed by atoms with Crippen molar-refractivity contribution < 1.29 is 9.53 Å². The molecular weight excluding hydrogens is 228 g/mol. The second kappa shape index (κ2) is 5.08. The SMILES string of the molecule is CC(C)CNC1(C(N)=O)COCc2ccccc21. The van der Waals surface area contributed by atoms with Crippen molar-refractivity contribution in [3.8, 4) is 0 Å². The molecule has 1 amide bonds. The Balaban J connectivity index is 2.39. The molecular formula is C14H20N2O2. The van der Waals surface area contributed by atoms with Crippen LogP contribution in [-0.4, -0.2) is 19.1 Å². The number of carbonyl (C=O) groups is 1. The summed E-state index contributed by atoms with van der Waals surface area (Å²) in [5, 5.41) is 3.29. The third-order valence-electron chi connectivity index (χ3n) is 3.29. The summed E-state index contributed by atoms with van der Waals surface area (Å²) in [5.41, 5.74) is 6.71. The number of primary amides is 1. The number of carbonyl (C=O) groups excluding carboxylic acids is 1. The third kappa shape index (κ3) is 2.26. The van der Waals surface area contributed by atoms with Gasteiger partial charge in [0.25, 0.3) is 0 Å². The molecule has 1 aliphatic rings. The van der Waals surface area contributed by atoms with Crippen molar-refractivity contribution in [3.05, 3.63) is 35.4 Å². The zero-order valence-corrected chi connectivity index (χ0v) is 10.9. The molecule has 18 heavy (non-hydrogen) atoms. The first-order valence-electron chi connectivity index (χ1n) is 6.27. The van der Waals surface area contributed by atoms with E-state index in [1.54, 1.807) is 0 Å². The van der Waals surface area contributed by atoms with Crippen LogP contribution in [0.2, 0.25) is 0 Å². The molecule has 0 radical (unpaired) electrons. The maximum atomic E-state index is 11.9. The molecule has 0 saturated carbocycles. The second-order valence-electron chi connectivity index (χ2n) is 5.19. The van der Waals surface area contributed by atoms with Crippen LogP contribution < -0.4 is 11.1 Å². The van der Waals surface area contributed by atoms with Gasteiger partial charge in [0, 0.05) is 0 Å². The summed E-state index contributed by atoms with van der Waals surface area (Å²) in [5.74, 6) is 0.0608. The number of amides is 1. The summed E-state index contributed by atoms with van der Waals surface area (Å²) in [4.78, 5) is 11.9. The Morgan fingerprint density at radius 3 is 2.89 bits per heavy atom. The van der Waals surface area contributed by atoms with Crippen LogP contribution in [0.25, 0.3) is 0 Å². The zero-order valence-electron chi connectivity index (χ0n) is 10.9. The predicted octanol–water partition coefficient (Wildman–Crippen LogP) is 1.14. The number of nitrogens with one attached hydrogen (secondary N) is 1. The topological polar surface area (TPSA) is 64.3 Å². The van der Waals surface area contributed by atoms with Crippen LogP contribution >= 0.6 is 0 Å². The fraction of sp³-hybridized carbons (Fsp3) is 0.500. The van der Waals surface area contributed by atoms with Crippen LogP contribution in [0.1, 0.15) is 25.0 Å². The van der Waals surface area contributed by atoms with Crippen LogP contribution in [0, 0.1) is 5.92 Å². The number of nitrogens with two attached hydrogens (primary N) is 1. The van der Waals surface area contributed by atoms with E-state index in [4.69, 9.17) is 10.5 Å². The van der Waals surface area contributed by atoms with Crippen molar-refractivity contribution in [2.45, 2.75) is 26.0 Å². The molecule has 0 fully saturated rings. The molecule has 1 heterocycles. The molecule has 1 unspecified atom stereocenters. The van der Waals surface area contributed by atoms with Crippen molar-refractivity contribution in [2.24, 2.45) is 11.7 Å². The summed E-state index contributed by atoms with van der Waals surface area (Å²) >= 11 is 0. The lowest BCUT2D eigenvalue weighted by atomic mass is 9.84. The normalized spacial score (nSPS) is 22.8. The average Bonchev–Trinajstić information content (AvgIpc) is 2.36. The Bertz CT molecular complexity index is 445. The summed E-state index contributed by atoms with van der Waals surface area (Å²) in [6, 6.07) is 7.81. The molecule has 0 saturated heterocycles. The molecule has 1 aliphatic heterocycles. The Morgan fingerprint density at radius 1 is 1.50 bits per heavy atom. The molecule has 98 valence electrons. The van der Waals surface area contributed by atoms with Gasteiger partial charge in [0.05, 0.1) is 13.2 Å². The molecule has 1 aromatic rings. The van der Waals surface area contributed by atoms with Crippen molar-refractivity contribution >= 4 is 5.91 Å². The molecule has 4 nitrogen and oxygen atoms in total. The Morgan fingerprint density at radius 2 is 2.22 bits per heavy atom. The minimum atomic E-state index is -0.890. The minimum absolute atomic E-state index is 0.298. The highest BCUT2D eigenvalue weighted by Gasteiger charge is 2.42. The van der Waals surface area contributed by atoms with Gasteiger partial charge in [-0.1, -0.05) is 38.1 Å². The number of hydrogen-bond acceptors (Lipinski definition) is 3. The molecule has 0 aliphatic carbocycles. The van der Waals surface area contributed by atoms with Gasteiger partial charge in [-0.3, -0.25) is 10.1 Å². The van der Waals surface area contributed by atoms with Gasteiger partial charge >= 0.3 is 0 Å². The fourth-order valence-corrected chi connectivity index (χ4v) is 2.27. The molecule has 2 rings (SSSR count). The van der Waals surface area contributed by atoms with E-state index in [-0.39, 0.29) is 5.91 Å². The van der Waals surface area contributed by atoms with Gasteiger partial charge in [0.2, 0.25) is 5.91 Å². The average molecular weight is 248 g/mol. The largest absolute Gasteiger partial charge is 0.374 e. The molecule has 0 aromatic heterocycles. The maximum absolute atomic E-state index is 11.9. The van der Waals surface area contributed by atoms with E-state index in [0.29, 0.717) is 19.1 Å². The third-order valence-corrected chi connectivity index (χ3v) is 3.29. The molecule has 4 heteroatoms. The number of ether oxygens (including phenoxy) is 1. The smallest absolute Gasteiger partial charge is 0.244 e. The fourth-order valence-electron chi connectivity index (χ4n) is 2.27. The Hall–Kier alpha value is -1.39. The van der Waals surface area contributed by atoms with E-state index < -0.39 is 5.54 Å². The van der Waals surface area contributed by atoms with Crippen molar-refractivity contribution in [2.75, 3.05) is 13.2 Å². The summed E-state index contributed by atoms with van der Waals surface area (Å²) < 4.78 is 5.54. The van der Waals surface area contributed by atoms with E-state index in [9.17, 15) is 4.79 Å². The van der Waals surface area contributed by atoms with Gasteiger partial charge < -0.3 is 10.5 Å². The summed E-state index contributed by atoms with van der Waals surface area (Å²) in [6.07, 6.45) is 0. The van der Waals surface area contributed by atoms with E-state index >= 15 is 0 Å². The van der Waals surface area contributed by atoms with Crippen molar-refractivity contribution in [3.63, 3.8) is 0 Å². The van der Waals surface area contributed by atoms with Gasteiger partial charge in [0.15, 0.2) is 0 Å². The molecule has 0 bridgehead atoms. The molecule has 0 spiro atoms. The van der Waals surface area contributed by atoms with Crippen LogP contribution in [0.15, 0.2) is 24.3 Å². The van der Waals surface area contributed by atoms with E-state index in [0.717, 1.165) is 17.7 Å². The van der Waals surface area contributed by atoms with Crippen molar-refractivity contribution in [1.82, 2.24) is 5.32 Å². The predicted molar refractivity (Wildman–Crippen MR) is 69.8 cm³/mol. The second-order valence-corrected chi connectivity index (χ2v) is 5.19. The number of rotatable bonds is 4.